The lowest BCUT2D eigenvalue weighted by Crippen LogP contribution is -2.52. The molecule has 6 nitrogen and oxygen atoms in total. The molecule has 1 aromatic rings. The second kappa shape index (κ2) is 10.4. The molecular weight excluding hydrogens is 318 g/mol. The zero-order valence-corrected chi connectivity index (χ0v) is 15.6. The molecular formula is C19H31N3O3. The maximum absolute atomic E-state index is 12.2. The van der Waals surface area contributed by atoms with Crippen LogP contribution in [0.4, 0.5) is 4.79 Å². The lowest BCUT2D eigenvalue weighted by Gasteiger charge is -2.36. The standard InChI is InChI=1S/C19H31N3O3/c1-15(2)18(22-8-10-25-11-9-22)13-21-19(23)20-12-16-6-4-5-7-17(16)14-24-3/h4-7,15,18H,8-14H2,1-3H3,(H2,20,21,23). The van der Waals surface area contributed by atoms with Gasteiger partial charge in [-0.25, -0.2) is 4.79 Å². The van der Waals surface area contributed by atoms with Crippen molar-refractivity contribution in [3.63, 3.8) is 0 Å². The fourth-order valence-electron chi connectivity index (χ4n) is 3.16. The maximum atomic E-state index is 12.2. The highest BCUT2D eigenvalue weighted by Crippen LogP contribution is 2.12. The molecule has 2 N–H and O–H groups in total. The molecule has 1 aliphatic rings. The Hall–Kier alpha value is -1.63. The summed E-state index contributed by atoms with van der Waals surface area (Å²) >= 11 is 0. The van der Waals surface area contributed by atoms with Crippen LogP contribution in [0.15, 0.2) is 24.3 Å². The average Bonchev–Trinajstić information content (AvgIpc) is 2.62. The highest BCUT2D eigenvalue weighted by atomic mass is 16.5. The van der Waals surface area contributed by atoms with E-state index < -0.39 is 0 Å². The monoisotopic (exact) mass is 349 g/mol. The quantitative estimate of drug-likeness (QED) is 0.753. The minimum Gasteiger partial charge on any atom is -0.380 e. The van der Waals surface area contributed by atoms with Gasteiger partial charge in [-0.2, -0.15) is 0 Å². The minimum absolute atomic E-state index is 0.133. The van der Waals surface area contributed by atoms with Gasteiger partial charge in [-0.3, -0.25) is 4.90 Å². The highest BCUT2D eigenvalue weighted by Gasteiger charge is 2.24. The second-order valence-corrected chi connectivity index (χ2v) is 6.73. The molecule has 1 atom stereocenters. The molecule has 140 valence electrons. The Kier molecular flexibility index (Phi) is 8.18. The van der Waals surface area contributed by atoms with Gasteiger partial charge in [0.2, 0.25) is 0 Å². The highest BCUT2D eigenvalue weighted by molar-refractivity contribution is 5.73. The molecule has 1 aliphatic heterocycles. The van der Waals surface area contributed by atoms with Gasteiger partial charge in [0.1, 0.15) is 0 Å². The fraction of sp³-hybridized carbons (Fsp3) is 0.632. The van der Waals surface area contributed by atoms with Gasteiger partial charge in [0.25, 0.3) is 0 Å². The van der Waals surface area contributed by atoms with Gasteiger partial charge in [0.15, 0.2) is 0 Å². The third-order valence-corrected chi connectivity index (χ3v) is 4.61. The summed E-state index contributed by atoms with van der Waals surface area (Å²) in [5.74, 6) is 0.473. The number of amides is 2. The Labute approximate surface area is 150 Å². The first kappa shape index (κ1) is 19.7. The third-order valence-electron chi connectivity index (χ3n) is 4.61. The van der Waals surface area contributed by atoms with Crippen LogP contribution in [0.5, 0.6) is 0 Å². The zero-order valence-electron chi connectivity index (χ0n) is 15.6. The summed E-state index contributed by atoms with van der Waals surface area (Å²) in [6.07, 6.45) is 0. The molecule has 1 heterocycles. The Balaban J connectivity index is 1.81. The van der Waals surface area contributed by atoms with Crippen molar-refractivity contribution in [2.24, 2.45) is 5.92 Å². The number of morpholine rings is 1. The number of benzene rings is 1. The van der Waals surface area contributed by atoms with Crippen LogP contribution in [0.1, 0.15) is 25.0 Å². The minimum atomic E-state index is -0.133. The van der Waals surface area contributed by atoms with E-state index in [-0.39, 0.29) is 6.03 Å². The normalized spacial score (nSPS) is 16.6. The molecule has 2 amide bonds. The molecule has 0 saturated carbocycles. The molecule has 6 heteroatoms. The molecule has 1 saturated heterocycles. The maximum Gasteiger partial charge on any atom is 0.315 e. The summed E-state index contributed by atoms with van der Waals surface area (Å²) in [6, 6.07) is 8.18. The van der Waals surface area contributed by atoms with Crippen LogP contribution in [0.2, 0.25) is 0 Å². The van der Waals surface area contributed by atoms with Crippen molar-refractivity contribution in [1.29, 1.82) is 0 Å². The molecule has 1 aromatic carbocycles. The zero-order chi connectivity index (χ0) is 18.1. The van der Waals surface area contributed by atoms with E-state index in [4.69, 9.17) is 9.47 Å². The average molecular weight is 349 g/mol. The van der Waals surface area contributed by atoms with Crippen molar-refractivity contribution < 1.29 is 14.3 Å². The number of carbonyl (C=O) groups excluding carboxylic acids is 1. The van der Waals surface area contributed by atoms with E-state index in [1.807, 2.05) is 24.3 Å². The van der Waals surface area contributed by atoms with Gasteiger partial charge >= 0.3 is 6.03 Å². The number of nitrogens with zero attached hydrogens (tertiary/aromatic N) is 1. The van der Waals surface area contributed by atoms with Crippen molar-refractivity contribution in [2.45, 2.75) is 33.0 Å². The molecule has 2 rings (SSSR count). The van der Waals surface area contributed by atoms with E-state index in [1.165, 1.54) is 0 Å². The first-order valence-electron chi connectivity index (χ1n) is 9.01. The molecule has 25 heavy (non-hydrogen) atoms. The van der Waals surface area contributed by atoms with Crippen molar-refractivity contribution in [2.75, 3.05) is 40.0 Å². The Morgan fingerprint density at radius 1 is 1.20 bits per heavy atom. The summed E-state index contributed by atoms with van der Waals surface area (Å²) in [4.78, 5) is 14.6. The molecule has 0 bridgehead atoms. The molecule has 0 aromatic heterocycles. The van der Waals surface area contributed by atoms with Gasteiger partial charge in [0.05, 0.1) is 19.8 Å². The third kappa shape index (κ3) is 6.30. The van der Waals surface area contributed by atoms with Crippen LogP contribution < -0.4 is 10.6 Å². The van der Waals surface area contributed by atoms with Crippen LogP contribution in [0, 0.1) is 5.92 Å². The number of methoxy groups -OCH3 is 1. The molecule has 0 spiro atoms. The smallest absolute Gasteiger partial charge is 0.315 e. The van der Waals surface area contributed by atoms with Crippen molar-refractivity contribution >= 4 is 6.03 Å². The van der Waals surface area contributed by atoms with Crippen LogP contribution in [-0.2, 0) is 22.6 Å². The van der Waals surface area contributed by atoms with Crippen LogP contribution >= 0.6 is 0 Å². The number of carbonyl (C=O) groups is 1. The van der Waals surface area contributed by atoms with Crippen LogP contribution in [0.3, 0.4) is 0 Å². The van der Waals surface area contributed by atoms with Gasteiger partial charge in [0, 0.05) is 39.3 Å². The van der Waals surface area contributed by atoms with E-state index in [0.717, 1.165) is 37.4 Å². The number of nitrogens with one attached hydrogen (secondary N) is 2. The number of urea groups is 1. The summed E-state index contributed by atoms with van der Waals surface area (Å²) < 4.78 is 10.6. The van der Waals surface area contributed by atoms with E-state index in [0.29, 0.717) is 31.7 Å². The Bertz CT molecular complexity index is 530. The van der Waals surface area contributed by atoms with E-state index in [2.05, 4.69) is 29.4 Å². The molecule has 0 radical (unpaired) electrons. The second-order valence-electron chi connectivity index (χ2n) is 6.73. The predicted molar refractivity (Wildman–Crippen MR) is 98.4 cm³/mol. The van der Waals surface area contributed by atoms with Crippen molar-refractivity contribution in [3.8, 4) is 0 Å². The number of hydrogen-bond donors (Lipinski definition) is 2. The summed E-state index contributed by atoms with van der Waals surface area (Å²) in [6.45, 7) is 9.47. The SMILES string of the molecule is COCc1ccccc1CNC(=O)NCC(C(C)C)N1CCOCC1. The molecule has 1 unspecified atom stereocenters. The lowest BCUT2D eigenvalue weighted by molar-refractivity contribution is 0.00719. The fourth-order valence-corrected chi connectivity index (χ4v) is 3.16. The summed E-state index contributed by atoms with van der Waals surface area (Å²) in [7, 11) is 1.68. The molecule has 1 fully saturated rings. The van der Waals surface area contributed by atoms with Crippen LogP contribution in [0.25, 0.3) is 0 Å². The van der Waals surface area contributed by atoms with Gasteiger partial charge in [-0.15, -0.1) is 0 Å². The number of ether oxygens (including phenoxy) is 2. The number of hydrogen-bond acceptors (Lipinski definition) is 4. The van der Waals surface area contributed by atoms with Crippen molar-refractivity contribution in [1.82, 2.24) is 15.5 Å². The predicted octanol–water partition coefficient (Wildman–Crippen LogP) is 1.99. The topological polar surface area (TPSA) is 62.8 Å². The summed E-state index contributed by atoms with van der Waals surface area (Å²) in [5.41, 5.74) is 2.17. The molecule has 0 aliphatic carbocycles. The Morgan fingerprint density at radius 3 is 2.52 bits per heavy atom. The van der Waals surface area contributed by atoms with Gasteiger partial charge < -0.3 is 20.1 Å². The largest absolute Gasteiger partial charge is 0.380 e. The lowest BCUT2D eigenvalue weighted by atomic mass is 10.0. The van der Waals surface area contributed by atoms with Crippen LogP contribution in [-0.4, -0.2) is 56.9 Å². The van der Waals surface area contributed by atoms with E-state index >= 15 is 0 Å². The van der Waals surface area contributed by atoms with E-state index in [1.54, 1.807) is 7.11 Å². The van der Waals surface area contributed by atoms with Crippen molar-refractivity contribution in [3.05, 3.63) is 35.4 Å². The van der Waals surface area contributed by atoms with Gasteiger partial charge in [-0.1, -0.05) is 38.1 Å². The summed E-state index contributed by atoms with van der Waals surface area (Å²) in [5, 5.41) is 5.97. The van der Waals surface area contributed by atoms with E-state index in [9.17, 15) is 4.79 Å². The first-order valence-corrected chi connectivity index (χ1v) is 9.01. The number of rotatable bonds is 8. The first-order chi connectivity index (χ1) is 12.1. The van der Waals surface area contributed by atoms with Gasteiger partial charge in [-0.05, 0) is 17.0 Å². The Morgan fingerprint density at radius 2 is 1.88 bits per heavy atom.